The van der Waals surface area contributed by atoms with Crippen molar-refractivity contribution in [1.82, 2.24) is 14.5 Å². The summed E-state index contributed by atoms with van der Waals surface area (Å²) in [4.78, 5) is 5.81. The molecule has 2 heterocycles. The van der Waals surface area contributed by atoms with E-state index in [1.54, 1.807) is 7.11 Å². The fourth-order valence-electron chi connectivity index (χ4n) is 3.13. The molecule has 0 radical (unpaired) electrons. The van der Waals surface area contributed by atoms with E-state index >= 15 is 0 Å². The number of likely N-dealkylation sites (tertiary alicyclic amines) is 1. The maximum absolute atomic E-state index is 5.54. The highest BCUT2D eigenvalue weighted by atomic mass is 32.1. The number of benzene rings is 1. The number of methoxy groups -OCH3 is 1. The average molecular weight is 291 g/mol. The third kappa shape index (κ3) is 2.36. The first kappa shape index (κ1) is 13.6. The summed E-state index contributed by atoms with van der Waals surface area (Å²) < 4.78 is 8.38. The van der Waals surface area contributed by atoms with E-state index < -0.39 is 0 Å². The van der Waals surface area contributed by atoms with Gasteiger partial charge in [0.25, 0.3) is 0 Å². The molecule has 1 aromatic carbocycles. The van der Waals surface area contributed by atoms with E-state index in [0.29, 0.717) is 6.04 Å². The van der Waals surface area contributed by atoms with Crippen molar-refractivity contribution in [3.05, 3.63) is 23.0 Å². The number of fused-ring (bicyclic) bond motifs is 1. The lowest BCUT2D eigenvalue weighted by atomic mass is 10.1. The molecule has 1 saturated heterocycles. The lowest BCUT2D eigenvalue weighted by Crippen LogP contribution is -2.36. The Labute approximate surface area is 124 Å². The van der Waals surface area contributed by atoms with Crippen LogP contribution < -0.4 is 4.74 Å². The summed E-state index contributed by atoms with van der Waals surface area (Å²) in [6.07, 6.45) is 2.44. The van der Waals surface area contributed by atoms with Crippen molar-refractivity contribution in [3.63, 3.8) is 0 Å². The quantitative estimate of drug-likeness (QED) is 0.880. The van der Waals surface area contributed by atoms with Crippen molar-refractivity contribution in [2.24, 2.45) is 0 Å². The minimum absolute atomic E-state index is 0.471. The zero-order chi connectivity index (χ0) is 14.1. The first-order valence-electron chi connectivity index (χ1n) is 7.23. The molecule has 5 heteroatoms. The summed E-state index contributed by atoms with van der Waals surface area (Å²) in [7, 11) is 1.69. The van der Waals surface area contributed by atoms with Crippen LogP contribution in [0, 0.1) is 4.77 Å². The molecular formula is C15H21N3OS. The van der Waals surface area contributed by atoms with Gasteiger partial charge in [-0.1, -0.05) is 6.92 Å². The minimum atomic E-state index is 0.471. The number of likely N-dealkylation sites (N-methyl/N-ethyl adjacent to an activating group) is 1. The van der Waals surface area contributed by atoms with Gasteiger partial charge in [-0.05, 0) is 50.3 Å². The topological polar surface area (TPSA) is 33.2 Å². The van der Waals surface area contributed by atoms with Gasteiger partial charge in [-0.2, -0.15) is 0 Å². The molecule has 0 bridgehead atoms. The molecule has 108 valence electrons. The number of hydrogen-bond donors (Lipinski definition) is 1. The summed E-state index contributed by atoms with van der Waals surface area (Å²) in [6, 6.07) is 6.59. The van der Waals surface area contributed by atoms with Gasteiger partial charge >= 0.3 is 0 Å². The lowest BCUT2D eigenvalue weighted by molar-refractivity contribution is 0.187. The second-order valence-corrected chi connectivity index (χ2v) is 5.76. The van der Waals surface area contributed by atoms with Gasteiger partial charge in [0.2, 0.25) is 0 Å². The highest BCUT2D eigenvalue weighted by Gasteiger charge is 2.22. The monoisotopic (exact) mass is 291 g/mol. The fourth-order valence-corrected chi connectivity index (χ4v) is 3.49. The van der Waals surface area contributed by atoms with Gasteiger partial charge in [0.05, 0.1) is 18.1 Å². The van der Waals surface area contributed by atoms with Crippen LogP contribution in [0.3, 0.4) is 0 Å². The van der Waals surface area contributed by atoms with E-state index in [2.05, 4.69) is 27.4 Å². The third-order valence-corrected chi connectivity index (χ3v) is 4.52. The molecule has 1 aliphatic rings. The number of ether oxygens (including phenoxy) is 1. The Hall–Kier alpha value is -1.33. The van der Waals surface area contributed by atoms with Gasteiger partial charge < -0.3 is 19.2 Å². The summed E-state index contributed by atoms with van der Waals surface area (Å²) in [6.45, 7) is 5.63. The number of aromatic nitrogens is 2. The van der Waals surface area contributed by atoms with Crippen LogP contribution in [0.2, 0.25) is 0 Å². The fraction of sp³-hybridized carbons (Fsp3) is 0.533. The third-order valence-electron chi connectivity index (χ3n) is 4.22. The maximum Gasteiger partial charge on any atom is 0.178 e. The van der Waals surface area contributed by atoms with E-state index in [4.69, 9.17) is 17.0 Å². The zero-order valence-corrected chi connectivity index (χ0v) is 12.9. The van der Waals surface area contributed by atoms with Gasteiger partial charge in [-0.15, -0.1) is 0 Å². The normalized spacial score (nSPS) is 20.4. The second-order valence-electron chi connectivity index (χ2n) is 5.37. The minimum Gasteiger partial charge on any atom is -0.497 e. The number of rotatable bonds is 3. The van der Waals surface area contributed by atoms with Crippen LogP contribution in [0.1, 0.15) is 25.8 Å². The number of nitrogens with one attached hydrogen (secondary N) is 1. The van der Waals surface area contributed by atoms with Crippen molar-refractivity contribution < 1.29 is 4.74 Å². The molecule has 0 saturated carbocycles. The average Bonchev–Trinajstić information content (AvgIpc) is 2.82. The van der Waals surface area contributed by atoms with Crippen LogP contribution in [0.5, 0.6) is 5.75 Å². The highest BCUT2D eigenvalue weighted by Crippen LogP contribution is 2.28. The standard InChI is InChI=1S/C15H21N3OS/c1-3-17-8-4-5-11(10-17)18-14-7-6-12(19-2)9-13(14)16-15(18)20/h6-7,9,11H,3-5,8,10H2,1-2H3,(H,16,20). The van der Waals surface area contributed by atoms with E-state index in [0.717, 1.165) is 29.1 Å². The number of piperidine rings is 1. The molecule has 0 aliphatic carbocycles. The molecule has 20 heavy (non-hydrogen) atoms. The predicted octanol–water partition coefficient (Wildman–Crippen LogP) is 3.36. The largest absolute Gasteiger partial charge is 0.497 e. The van der Waals surface area contributed by atoms with Crippen LogP contribution in [0.15, 0.2) is 18.2 Å². The first-order chi connectivity index (χ1) is 9.72. The lowest BCUT2D eigenvalue weighted by Gasteiger charge is -2.32. The Kier molecular flexibility index (Phi) is 3.81. The van der Waals surface area contributed by atoms with Gasteiger partial charge in [0.1, 0.15) is 5.75 Å². The molecule has 1 aliphatic heterocycles. The molecule has 1 atom stereocenters. The van der Waals surface area contributed by atoms with Gasteiger partial charge in [0.15, 0.2) is 4.77 Å². The Morgan fingerprint density at radius 3 is 3.05 bits per heavy atom. The van der Waals surface area contributed by atoms with Crippen LogP contribution >= 0.6 is 12.2 Å². The molecular weight excluding hydrogens is 270 g/mol. The van der Waals surface area contributed by atoms with E-state index in [1.807, 2.05) is 12.1 Å². The Balaban J connectivity index is 2.02. The predicted molar refractivity (Wildman–Crippen MR) is 84.1 cm³/mol. The molecule has 1 unspecified atom stereocenters. The van der Waals surface area contributed by atoms with Crippen molar-refractivity contribution in [2.45, 2.75) is 25.8 Å². The number of imidazole rings is 1. The van der Waals surface area contributed by atoms with Crippen LogP contribution in [0.4, 0.5) is 0 Å². The van der Waals surface area contributed by atoms with E-state index in [-0.39, 0.29) is 0 Å². The van der Waals surface area contributed by atoms with Crippen molar-refractivity contribution >= 4 is 23.3 Å². The van der Waals surface area contributed by atoms with Crippen molar-refractivity contribution in [1.29, 1.82) is 0 Å². The number of H-pyrrole nitrogens is 1. The molecule has 1 aromatic heterocycles. The second kappa shape index (κ2) is 5.58. The van der Waals surface area contributed by atoms with Crippen LogP contribution in [-0.4, -0.2) is 41.2 Å². The van der Waals surface area contributed by atoms with Crippen LogP contribution in [-0.2, 0) is 0 Å². The number of aromatic amines is 1. The number of nitrogens with zero attached hydrogens (tertiary/aromatic N) is 2. The van der Waals surface area contributed by atoms with Gasteiger partial charge in [0, 0.05) is 18.7 Å². The molecule has 4 nitrogen and oxygen atoms in total. The molecule has 0 spiro atoms. The van der Waals surface area contributed by atoms with Crippen molar-refractivity contribution in [2.75, 3.05) is 26.7 Å². The molecule has 3 rings (SSSR count). The van der Waals surface area contributed by atoms with Gasteiger partial charge in [-0.25, -0.2) is 0 Å². The highest BCUT2D eigenvalue weighted by molar-refractivity contribution is 7.71. The van der Waals surface area contributed by atoms with Crippen molar-refractivity contribution in [3.8, 4) is 5.75 Å². The Morgan fingerprint density at radius 1 is 1.45 bits per heavy atom. The molecule has 2 aromatic rings. The van der Waals surface area contributed by atoms with E-state index in [1.165, 1.54) is 24.9 Å². The summed E-state index contributed by atoms with van der Waals surface area (Å²) in [5, 5.41) is 0. The summed E-state index contributed by atoms with van der Waals surface area (Å²) in [5.74, 6) is 0.861. The zero-order valence-electron chi connectivity index (χ0n) is 12.1. The Bertz CT molecular complexity index is 661. The maximum atomic E-state index is 5.54. The summed E-state index contributed by atoms with van der Waals surface area (Å²) >= 11 is 5.54. The molecule has 1 fully saturated rings. The molecule has 1 N–H and O–H groups in total. The smallest absolute Gasteiger partial charge is 0.178 e. The Morgan fingerprint density at radius 2 is 2.30 bits per heavy atom. The number of hydrogen-bond acceptors (Lipinski definition) is 3. The molecule has 0 amide bonds. The first-order valence-corrected chi connectivity index (χ1v) is 7.64. The van der Waals surface area contributed by atoms with E-state index in [9.17, 15) is 0 Å². The SMILES string of the molecule is CCN1CCCC(n2c(=S)[nH]c3cc(OC)ccc32)C1. The summed E-state index contributed by atoms with van der Waals surface area (Å²) in [5.41, 5.74) is 2.24. The van der Waals surface area contributed by atoms with Crippen LogP contribution in [0.25, 0.3) is 11.0 Å². The van der Waals surface area contributed by atoms with Gasteiger partial charge in [-0.3, -0.25) is 0 Å².